The summed E-state index contributed by atoms with van der Waals surface area (Å²) in [6, 6.07) is 4.24. The third kappa shape index (κ3) is 3.67. The molecule has 110 valence electrons. The average molecular weight is 282 g/mol. The van der Waals surface area contributed by atoms with Crippen molar-refractivity contribution in [3.8, 4) is 5.75 Å². The Morgan fingerprint density at radius 2 is 2.20 bits per heavy atom. The van der Waals surface area contributed by atoms with Gasteiger partial charge in [-0.2, -0.15) is 0 Å². The van der Waals surface area contributed by atoms with Gasteiger partial charge in [-0.3, -0.25) is 20.2 Å². The van der Waals surface area contributed by atoms with Gasteiger partial charge in [0.2, 0.25) is 0 Å². The summed E-state index contributed by atoms with van der Waals surface area (Å²) in [6.45, 7) is 5.38. The largest absolute Gasteiger partial charge is 0.491 e. The Morgan fingerprint density at radius 1 is 1.55 bits per heavy atom. The van der Waals surface area contributed by atoms with Crippen LogP contribution in [0, 0.1) is 17.0 Å². The molecule has 20 heavy (non-hydrogen) atoms. The number of aliphatic carboxylic acids is 1. The molecule has 2 N–H and O–H groups in total. The van der Waals surface area contributed by atoms with E-state index in [1.54, 1.807) is 19.9 Å². The number of benzene rings is 1. The number of nitro groups is 1. The second kappa shape index (κ2) is 6.33. The van der Waals surface area contributed by atoms with Crippen LogP contribution < -0.4 is 10.1 Å². The number of likely N-dealkylation sites (N-methyl/N-ethyl adjacent to an activating group) is 1. The number of nitrogens with one attached hydrogen (secondary N) is 1. The molecule has 0 bridgehead atoms. The van der Waals surface area contributed by atoms with Gasteiger partial charge in [-0.25, -0.2) is 0 Å². The first-order valence-electron chi connectivity index (χ1n) is 6.16. The molecule has 0 amide bonds. The Kier molecular flexibility index (Phi) is 5.04. The summed E-state index contributed by atoms with van der Waals surface area (Å²) in [5, 5.41) is 22.8. The lowest BCUT2D eigenvalue weighted by atomic mass is 10.0. The van der Waals surface area contributed by atoms with Gasteiger partial charge in [-0.05, 0) is 32.0 Å². The van der Waals surface area contributed by atoms with Crippen molar-refractivity contribution in [2.45, 2.75) is 26.3 Å². The Hall–Kier alpha value is -2.15. The second-order valence-corrected chi connectivity index (χ2v) is 4.66. The highest BCUT2D eigenvalue weighted by Crippen LogP contribution is 2.24. The molecular weight excluding hydrogens is 264 g/mol. The molecule has 1 rings (SSSR count). The minimum atomic E-state index is -1.24. The maximum absolute atomic E-state index is 11.2. The number of nitro benzene ring substituents is 1. The lowest BCUT2D eigenvalue weighted by molar-refractivity contribution is -0.385. The van der Waals surface area contributed by atoms with Crippen LogP contribution in [0.4, 0.5) is 5.69 Å². The van der Waals surface area contributed by atoms with Crippen LogP contribution >= 0.6 is 0 Å². The minimum Gasteiger partial charge on any atom is -0.491 e. The molecule has 0 heterocycles. The molecule has 0 aliphatic carbocycles. The summed E-state index contributed by atoms with van der Waals surface area (Å²) in [5.74, 6) is -0.730. The zero-order chi connectivity index (χ0) is 15.3. The summed E-state index contributed by atoms with van der Waals surface area (Å²) in [7, 11) is 0. The van der Waals surface area contributed by atoms with E-state index < -0.39 is 16.4 Å². The van der Waals surface area contributed by atoms with Crippen molar-refractivity contribution in [3.05, 3.63) is 33.9 Å². The highest BCUT2D eigenvalue weighted by Gasteiger charge is 2.33. The van der Waals surface area contributed by atoms with E-state index in [0.29, 0.717) is 17.9 Å². The SMILES string of the molecule is CCNC(C)(COc1cc([N+](=O)[O-])ccc1C)C(=O)O. The smallest absolute Gasteiger partial charge is 0.327 e. The Labute approximate surface area is 116 Å². The van der Waals surface area contributed by atoms with E-state index in [4.69, 9.17) is 4.74 Å². The number of hydrogen-bond acceptors (Lipinski definition) is 5. The number of hydrogen-bond donors (Lipinski definition) is 2. The van der Waals surface area contributed by atoms with E-state index in [9.17, 15) is 20.0 Å². The van der Waals surface area contributed by atoms with Gasteiger partial charge < -0.3 is 9.84 Å². The molecule has 0 fully saturated rings. The molecule has 1 unspecified atom stereocenters. The van der Waals surface area contributed by atoms with E-state index >= 15 is 0 Å². The number of ether oxygens (including phenoxy) is 1. The number of nitrogens with zero attached hydrogens (tertiary/aromatic N) is 1. The summed E-state index contributed by atoms with van der Waals surface area (Å²) in [5.41, 5.74) is -0.628. The van der Waals surface area contributed by atoms with Gasteiger partial charge in [-0.15, -0.1) is 0 Å². The van der Waals surface area contributed by atoms with E-state index in [1.807, 2.05) is 0 Å². The lowest BCUT2D eigenvalue weighted by Crippen LogP contribution is -2.53. The molecule has 0 saturated heterocycles. The van der Waals surface area contributed by atoms with Crippen molar-refractivity contribution in [2.75, 3.05) is 13.2 Å². The topological polar surface area (TPSA) is 102 Å². The quantitative estimate of drug-likeness (QED) is 0.583. The molecule has 0 saturated carbocycles. The van der Waals surface area contributed by atoms with Gasteiger partial charge in [0.05, 0.1) is 11.0 Å². The second-order valence-electron chi connectivity index (χ2n) is 4.66. The molecule has 0 aliphatic heterocycles. The van der Waals surface area contributed by atoms with Gasteiger partial charge in [-0.1, -0.05) is 6.92 Å². The van der Waals surface area contributed by atoms with Crippen LogP contribution in [-0.2, 0) is 4.79 Å². The summed E-state index contributed by atoms with van der Waals surface area (Å²) >= 11 is 0. The van der Waals surface area contributed by atoms with E-state index in [1.165, 1.54) is 19.1 Å². The summed E-state index contributed by atoms with van der Waals surface area (Å²) < 4.78 is 5.46. The molecule has 7 heteroatoms. The van der Waals surface area contributed by atoms with Crippen LogP contribution in [0.1, 0.15) is 19.4 Å². The monoisotopic (exact) mass is 282 g/mol. The van der Waals surface area contributed by atoms with Gasteiger partial charge in [0.25, 0.3) is 5.69 Å². The molecule has 0 radical (unpaired) electrons. The molecule has 1 atom stereocenters. The maximum Gasteiger partial charge on any atom is 0.327 e. The number of carboxylic acid groups (broad SMARTS) is 1. The summed E-state index contributed by atoms with van der Waals surface area (Å²) in [6.07, 6.45) is 0. The number of rotatable bonds is 7. The predicted molar refractivity (Wildman–Crippen MR) is 73.0 cm³/mol. The normalized spacial score (nSPS) is 13.6. The molecule has 1 aromatic carbocycles. The third-order valence-corrected chi connectivity index (χ3v) is 2.94. The minimum absolute atomic E-state index is 0.0916. The fraction of sp³-hybridized carbons (Fsp3) is 0.462. The van der Waals surface area contributed by atoms with Crippen LogP contribution in [0.5, 0.6) is 5.75 Å². The first kappa shape index (κ1) is 15.9. The first-order valence-corrected chi connectivity index (χ1v) is 6.16. The van der Waals surface area contributed by atoms with E-state index in [0.717, 1.165) is 0 Å². The van der Waals surface area contributed by atoms with E-state index in [-0.39, 0.29) is 12.3 Å². The van der Waals surface area contributed by atoms with Crippen molar-refractivity contribution >= 4 is 11.7 Å². The molecule has 0 aromatic heterocycles. The zero-order valence-electron chi connectivity index (χ0n) is 11.7. The van der Waals surface area contributed by atoms with Crippen LogP contribution in [0.15, 0.2) is 18.2 Å². The first-order chi connectivity index (χ1) is 9.30. The zero-order valence-corrected chi connectivity index (χ0v) is 11.7. The Bertz CT molecular complexity index is 517. The Morgan fingerprint density at radius 3 is 2.70 bits per heavy atom. The van der Waals surface area contributed by atoms with Gasteiger partial charge in [0.1, 0.15) is 17.9 Å². The average Bonchev–Trinajstić information content (AvgIpc) is 2.37. The molecule has 0 aliphatic rings. The van der Waals surface area contributed by atoms with Gasteiger partial charge in [0, 0.05) is 6.07 Å². The van der Waals surface area contributed by atoms with Crippen LogP contribution in [0.3, 0.4) is 0 Å². The number of carbonyl (C=O) groups is 1. The highest BCUT2D eigenvalue weighted by molar-refractivity contribution is 5.78. The highest BCUT2D eigenvalue weighted by atomic mass is 16.6. The van der Waals surface area contributed by atoms with E-state index in [2.05, 4.69) is 5.32 Å². The van der Waals surface area contributed by atoms with Crippen molar-refractivity contribution in [1.82, 2.24) is 5.32 Å². The number of aryl methyl sites for hydroxylation is 1. The van der Waals surface area contributed by atoms with Crippen LogP contribution in [0.25, 0.3) is 0 Å². The number of non-ortho nitro benzene ring substituents is 1. The molecule has 0 spiro atoms. The predicted octanol–water partition coefficient (Wildman–Crippen LogP) is 1.73. The van der Waals surface area contributed by atoms with Crippen LogP contribution in [-0.4, -0.2) is 34.7 Å². The maximum atomic E-state index is 11.2. The number of carboxylic acids is 1. The molecule has 1 aromatic rings. The summed E-state index contributed by atoms with van der Waals surface area (Å²) in [4.78, 5) is 21.4. The van der Waals surface area contributed by atoms with Gasteiger partial charge >= 0.3 is 5.97 Å². The van der Waals surface area contributed by atoms with Gasteiger partial charge in [0.15, 0.2) is 0 Å². The van der Waals surface area contributed by atoms with Crippen molar-refractivity contribution < 1.29 is 19.6 Å². The van der Waals surface area contributed by atoms with Crippen LogP contribution in [0.2, 0.25) is 0 Å². The lowest BCUT2D eigenvalue weighted by Gasteiger charge is -2.26. The molecule has 7 nitrogen and oxygen atoms in total. The third-order valence-electron chi connectivity index (χ3n) is 2.94. The molecular formula is C13H18N2O5. The van der Waals surface area contributed by atoms with Crippen molar-refractivity contribution in [1.29, 1.82) is 0 Å². The van der Waals surface area contributed by atoms with Crippen molar-refractivity contribution in [2.24, 2.45) is 0 Å². The standard InChI is InChI=1S/C13H18N2O5/c1-4-14-13(3,12(16)17)8-20-11-7-10(15(18)19)6-5-9(11)2/h5-7,14H,4,8H2,1-3H3,(H,16,17). The fourth-order valence-electron chi connectivity index (χ4n) is 1.66. The fourth-order valence-corrected chi connectivity index (χ4v) is 1.66. The van der Waals surface area contributed by atoms with Crippen molar-refractivity contribution in [3.63, 3.8) is 0 Å². The Balaban J connectivity index is 2.90.